The molecule has 4 heteroatoms. The van der Waals surface area contributed by atoms with Gasteiger partial charge in [0.15, 0.2) is 0 Å². The fourth-order valence-electron chi connectivity index (χ4n) is 2.03. The number of carboxylic acid groups (broad SMARTS) is 1. The first-order valence-corrected chi connectivity index (χ1v) is 4.59. The molecule has 0 aromatic carbocycles. The van der Waals surface area contributed by atoms with Crippen molar-refractivity contribution in [1.29, 1.82) is 0 Å². The molecule has 0 amide bonds. The molecule has 0 saturated heterocycles. The molecular weight excluding hydrogens is 170 g/mol. The van der Waals surface area contributed by atoms with Gasteiger partial charge in [-0.15, -0.1) is 5.16 Å². The molecule has 0 aliphatic heterocycles. The lowest BCUT2D eigenvalue weighted by molar-refractivity contribution is -0.139. The second-order valence-electron chi connectivity index (χ2n) is 3.74. The highest BCUT2D eigenvalue weighted by Gasteiger charge is 2.32. The first-order chi connectivity index (χ1) is 6.18. The first-order valence-electron chi connectivity index (χ1n) is 4.59. The van der Waals surface area contributed by atoms with Gasteiger partial charge < -0.3 is 10.3 Å². The van der Waals surface area contributed by atoms with Gasteiger partial charge in [0.05, 0.1) is 12.6 Å². The molecule has 0 heterocycles. The van der Waals surface area contributed by atoms with Gasteiger partial charge in [-0.25, -0.2) is 0 Å². The molecule has 74 valence electrons. The number of hydrogen-bond acceptors (Lipinski definition) is 3. The van der Waals surface area contributed by atoms with Crippen molar-refractivity contribution in [2.75, 3.05) is 0 Å². The second-order valence-corrected chi connectivity index (χ2v) is 3.74. The summed E-state index contributed by atoms with van der Waals surface area (Å²) in [5.74, 6) is -0.818. The molecule has 1 fully saturated rings. The summed E-state index contributed by atoms with van der Waals surface area (Å²) in [6.07, 6.45) is 6.34. The SMILES string of the molecule is O=C(O)CC1(C=NO)CCCCC1. The van der Waals surface area contributed by atoms with E-state index in [-0.39, 0.29) is 6.42 Å². The number of nitrogens with zero attached hydrogens (tertiary/aromatic N) is 1. The van der Waals surface area contributed by atoms with Gasteiger partial charge >= 0.3 is 5.97 Å². The topological polar surface area (TPSA) is 69.9 Å². The Morgan fingerprint density at radius 3 is 2.46 bits per heavy atom. The van der Waals surface area contributed by atoms with E-state index in [0.29, 0.717) is 0 Å². The molecule has 0 aromatic rings. The van der Waals surface area contributed by atoms with Crippen molar-refractivity contribution in [2.45, 2.75) is 38.5 Å². The molecule has 0 radical (unpaired) electrons. The molecule has 0 unspecified atom stereocenters. The quantitative estimate of drug-likeness (QED) is 0.400. The van der Waals surface area contributed by atoms with Crippen LogP contribution >= 0.6 is 0 Å². The van der Waals surface area contributed by atoms with E-state index in [0.717, 1.165) is 32.1 Å². The summed E-state index contributed by atoms with van der Waals surface area (Å²) in [6, 6.07) is 0. The smallest absolute Gasteiger partial charge is 0.304 e. The summed E-state index contributed by atoms with van der Waals surface area (Å²) in [5, 5.41) is 20.2. The Kier molecular flexibility index (Phi) is 3.28. The summed E-state index contributed by atoms with van der Waals surface area (Å²) in [4.78, 5) is 10.6. The Bertz CT molecular complexity index is 207. The molecule has 4 nitrogen and oxygen atoms in total. The van der Waals surface area contributed by atoms with Crippen LogP contribution in [0, 0.1) is 5.41 Å². The van der Waals surface area contributed by atoms with Crippen molar-refractivity contribution in [3.8, 4) is 0 Å². The van der Waals surface area contributed by atoms with Gasteiger partial charge in [0.25, 0.3) is 0 Å². The fraction of sp³-hybridized carbons (Fsp3) is 0.778. The van der Waals surface area contributed by atoms with Crippen molar-refractivity contribution in [2.24, 2.45) is 10.6 Å². The van der Waals surface area contributed by atoms with Crippen LogP contribution in [0.2, 0.25) is 0 Å². The minimum Gasteiger partial charge on any atom is -0.481 e. The third-order valence-electron chi connectivity index (χ3n) is 2.68. The van der Waals surface area contributed by atoms with Crippen LogP contribution < -0.4 is 0 Å². The van der Waals surface area contributed by atoms with Gasteiger partial charge in [0, 0.05) is 5.41 Å². The number of carboxylic acids is 1. The first kappa shape index (κ1) is 10.0. The maximum absolute atomic E-state index is 10.6. The molecule has 2 N–H and O–H groups in total. The van der Waals surface area contributed by atoms with Gasteiger partial charge in [-0.3, -0.25) is 4.79 Å². The normalized spacial score (nSPS) is 21.8. The van der Waals surface area contributed by atoms with E-state index in [2.05, 4.69) is 5.16 Å². The Balaban J connectivity index is 2.66. The Labute approximate surface area is 77.3 Å². The van der Waals surface area contributed by atoms with Gasteiger partial charge in [-0.1, -0.05) is 19.3 Å². The van der Waals surface area contributed by atoms with E-state index >= 15 is 0 Å². The zero-order valence-corrected chi connectivity index (χ0v) is 7.57. The molecule has 0 spiro atoms. The van der Waals surface area contributed by atoms with E-state index in [1.165, 1.54) is 6.21 Å². The Hall–Kier alpha value is -1.06. The van der Waals surface area contributed by atoms with Crippen LogP contribution in [0.5, 0.6) is 0 Å². The Morgan fingerprint density at radius 2 is 2.00 bits per heavy atom. The average molecular weight is 185 g/mol. The highest BCUT2D eigenvalue weighted by molar-refractivity contribution is 5.76. The van der Waals surface area contributed by atoms with Gasteiger partial charge in [-0.2, -0.15) is 0 Å². The number of carbonyl (C=O) groups is 1. The maximum atomic E-state index is 10.6. The van der Waals surface area contributed by atoms with Crippen LogP contribution in [0.25, 0.3) is 0 Å². The van der Waals surface area contributed by atoms with E-state index in [4.69, 9.17) is 10.3 Å². The van der Waals surface area contributed by atoms with Gasteiger partial charge in [0.1, 0.15) is 0 Å². The highest BCUT2D eigenvalue weighted by Crippen LogP contribution is 2.37. The number of hydrogen-bond donors (Lipinski definition) is 2. The lowest BCUT2D eigenvalue weighted by atomic mass is 9.73. The van der Waals surface area contributed by atoms with Crippen LogP contribution in [-0.2, 0) is 4.79 Å². The third kappa shape index (κ3) is 2.72. The predicted molar refractivity (Wildman–Crippen MR) is 48.0 cm³/mol. The minimum atomic E-state index is -0.818. The van der Waals surface area contributed by atoms with Gasteiger partial charge in [-0.05, 0) is 12.8 Å². The Morgan fingerprint density at radius 1 is 1.38 bits per heavy atom. The summed E-state index contributed by atoms with van der Waals surface area (Å²) in [7, 11) is 0. The van der Waals surface area contributed by atoms with Crippen molar-refractivity contribution >= 4 is 12.2 Å². The van der Waals surface area contributed by atoms with Crippen LogP contribution in [0.1, 0.15) is 38.5 Å². The summed E-state index contributed by atoms with van der Waals surface area (Å²) >= 11 is 0. The predicted octanol–water partition coefficient (Wildman–Crippen LogP) is 1.87. The van der Waals surface area contributed by atoms with Crippen molar-refractivity contribution in [3.63, 3.8) is 0 Å². The third-order valence-corrected chi connectivity index (χ3v) is 2.68. The fourth-order valence-corrected chi connectivity index (χ4v) is 2.03. The lowest BCUT2D eigenvalue weighted by Crippen LogP contribution is -2.28. The number of oxime groups is 1. The molecule has 1 aliphatic carbocycles. The van der Waals surface area contributed by atoms with Crippen LogP contribution in [0.3, 0.4) is 0 Å². The highest BCUT2D eigenvalue weighted by atomic mass is 16.4. The summed E-state index contributed by atoms with van der Waals surface area (Å²) < 4.78 is 0. The summed E-state index contributed by atoms with van der Waals surface area (Å²) in [5.41, 5.74) is -0.390. The zero-order valence-electron chi connectivity index (χ0n) is 7.57. The lowest BCUT2D eigenvalue weighted by Gasteiger charge is -2.31. The van der Waals surface area contributed by atoms with Crippen LogP contribution in [0.15, 0.2) is 5.16 Å². The second kappa shape index (κ2) is 4.25. The minimum absolute atomic E-state index is 0.0804. The van der Waals surface area contributed by atoms with Gasteiger partial charge in [0.2, 0.25) is 0 Å². The molecular formula is C9H15NO3. The number of rotatable bonds is 3. The monoisotopic (exact) mass is 185 g/mol. The average Bonchev–Trinajstić information content (AvgIpc) is 2.04. The molecule has 13 heavy (non-hydrogen) atoms. The zero-order chi connectivity index (χ0) is 9.73. The standard InChI is InChI=1S/C9H15NO3/c11-8(12)6-9(7-10-13)4-2-1-3-5-9/h7,13H,1-6H2,(H,11,12). The maximum Gasteiger partial charge on any atom is 0.304 e. The molecule has 1 aliphatic rings. The number of aliphatic carboxylic acids is 1. The van der Waals surface area contributed by atoms with Crippen molar-refractivity contribution < 1.29 is 15.1 Å². The van der Waals surface area contributed by atoms with E-state index in [1.54, 1.807) is 0 Å². The van der Waals surface area contributed by atoms with Crippen LogP contribution in [0.4, 0.5) is 0 Å². The van der Waals surface area contributed by atoms with Crippen molar-refractivity contribution in [1.82, 2.24) is 0 Å². The van der Waals surface area contributed by atoms with E-state index in [1.807, 2.05) is 0 Å². The summed E-state index contributed by atoms with van der Waals surface area (Å²) in [6.45, 7) is 0. The molecule has 1 rings (SSSR count). The molecule has 0 atom stereocenters. The van der Waals surface area contributed by atoms with E-state index in [9.17, 15) is 4.79 Å². The largest absolute Gasteiger partial charge is 0.481 e. The molecule has 1 saturated carbocycles. The van der Waals surface area contributed by atoms with E-state index < -0.39 is 11.4 Å². The van der Waals surface area contributed by atoms with Crippen LogP contribution in [-0.4, -0.2) is 22.5 Å². The molecule has 0 bridgehead atoms. The van der Waals surface area contributed by atoms with Crippen molar-refractivity contribution in [3.05, 3.63) is 0 Å². The molecule has 0 aromatic heterocycles.